The van der Waals surface area contributed by atoms with Crippen LogP contribution >= 0.6 is 23.8 Å². The zero-order valence-corrected chi connectivity index (χ0v) is 14.9. The van der Waals surface area contributed by atoms with Gasteiger partial charge in [-0.3, -0.25) is 0 Å². The maximum Gasteiger partial charge on any atom is 0.216 e. The topological polar surface area (TPSA) is 61.8 Å². The van der Waals surface area contributed by atoms with E-state index in [0.717, 1.165) is 27.7 Å². The van der Waals surface area contributed by atoms with Gasteiger partial charge in [0.15, 0.2) is 5.82 Å². The number of benzene rings is 2. The van der Waals surface area contributed by atoms with Crippen molar-refractivity contribution in [3.05, 3.63) is 69.6 Å². The van der Waals surface area contributed by atoms with Gasteiger partial charge >= 0.3 is 0 Å². The van der Waals surface area contributed by atoms with Crippen molar-refractivity contribution in [2.45, 2.75) is 6.92 Å². The SMILES string of the molecule is Cc1[nH]c2ccccc2c1/C=N/n1c(-c2ccccc2Cl)n[nH]c1=S. The van der Waals surface area contributed by atoms with Crippen molar-refractivity contribution >= 4 is 40.9 Å². The van der Waals surface area contributed by atoms with Crippen molar-refractivity contribution in [2.24, 2.45) is 5.10 Å². The van der Waals surface area contributed by atoms with Gasteiger partial charge in [-0.2, -0.15) is 14.9 Å². The first kappa shape index (κ1) is 15.8. The predicted molar refractivity (Wildman–Crippen MR) is 104 cm³/mol. The van der Waals surface area contributed by atoms with Gasteiger partial charge < -0.3 is 4.98 Å². The number of aromatic nitrogens is 4. The molecule has 124 valence electrons. The Labute approximate surface area is 154 Å². The van der Waals surface area contributed by atoms with Gasteiger partial charge in [-0.25, -0.2) is 5.10 Å². The summed E-state index contributed by atoms with van der Waals surface area (Å²) in [5.74, 6) is 0.573. The third kappa shape index (κ3) is 2.79. The summed E-state index contributed by atoms with van der Waals surface area (Å²) in [4.78, 5) is 3.36. The summed E-state index contributed by atoms with van der Waals surface area (Å²) in [6.45, 7) is 2.02. The fourth-order valence-electron chi connectivity index (χ4n) is 2.80. The smallest absolute Gasteiger partial charge is 0.216 e. The van der Waals surface area contributed by atoms with E-state index in [0.29, 0.717) is 15.6 Å². The molecule has 4 rings (SSSR count). The van der Waals surface area contributed by atoms with Crippen molar-refractivity contribution in [1.82, 2.24) is 19.9 Å². The van der Waals surface area contributed by atoms with Crippen molar-refractivity contribution in [3.63, 3.8) is 0 Å². The lowest BCUT2D eigenvalue weighted by atomic mass is 10.1. The van der Waals surface area contributed by atoms with Crippen molar-refractivity contribution in [1.29, 1.82) is 0 Å². The quantitative estimate of drug-likeness (QED) is 0.398. The molecule has 0 spiro atoms. The Morgan fingerprint density at radius 2 is 1.92 bits per heavy atom. The molecular formula is C18H14ClN5S. The summed E-state index contributed by atoms with van der Waals surface area (Å²) < 4.78 is 1.99. The number of aromatic amines is 2. The number of nitrogens with one attached hydrogen (secondary N) is 2. The van der Waals surface area contributed by atoms with E-state index in [2.05, 4.69) is 26.3 Å². The first-order chi connectivity index (χ1) is 12.1. The molecule has 0 saturated carbocycles. The van der Waals surface area contributed by atoms with Gasteiger partial charge in [0.2, 0.25) is 4.77 Å². The van der Waals surface area contributed by atoms with Gasteiger partial charge in [0.25, 0.3) is 0 Å². The Balaban J connectivity index is 1.83. The summed E-state index contributed by atoms with van der Waals surface area (Å²) in [5, 5.41) is 13.3. The van der Waals surface area contributed by atoms with E-state index < -0.39 is 0 Å². The van der Waals surface area contributed by atoms with Crippen LogP contribution in [0.25, 0.3) is 22.3 Å². The Hall–Kier alpha value is -2.70. The average molecular weight is 368 g/mol. The summed E-state index contributed by atoms with van der Waals surface area (Å²) in [5.41, 5.74) is 3.90. The summed E-state index contributed by atoms with van der Waals surface area (Å²) in [6, 6.07) is 15.6. The van der Waals surface area contributed by atoms with Crippen LogP contribution in [0, 0.1) is 11.7 Å². The van der Waals surface area contributed by atoms with Crippen molar-refractivity contribution in [2.75, 3.05) is 0 Å². The van der Waals surface area contributed by atoms with Gasteiger partial charge in [-0.1, -0.05) is 41.9 Å². The number of hydrogen-bond acceptors (Lipinski definition) is 3. The molecule has 0 atom stereocenters. The number of H-pyrrole nitrogens is 2. The largest absolute Gasteiger partial charge is 0.358 e. The molecule has 0 radical (unpaired) electrons. The Kier molecular flexibility index (Phi) is 3.99. The second-order valence-corrected chi connectivity index (χ2v) is 6.39. The molecule has 0 saturated heterocycles. The summed E-state index contributed by atoms with van der Waals surface area (Å²) in [7, 11) is 0. The van der Waals surface area contributed by atoms with E-state index in [1.165, 1.54) is 0 Å². The molecule has 2 heterocycles. The molecule has 2 aromatic heterocycles. The Morgan fingerprint density at radius 1 is 1.16 bits per heavy atom. The molecule has 0 unspecified atom stereocenters. The van der Waals surface area contributed by atoms with Crippen molar-refractivity contribution in [3.8, 4) is 11.4 Å². The molecule has 0 aliphatic carbocycles. The molecule has 0 aliphatic heterocycles. The van der Waals surface area contributed by atoms with Gasteiger partial charge in [-0.05, 0) is 37.3 Å². The first-order valence-electron chi connectivity index (χ1n) is 7.69. The molecule has 0 amide bonds. The standard InChI is InChI=1S/C18H14ClN5S/c1-11-14(12-6-3-5-9-16(12)21-11)10-20-24-17(22-23-18(24)25)13-7-2-4-8-15(13)19/h2-10,21H,1H3,(H,23,25)/b20-10+. The monoisotopic (exact) mass is 367 g/mol. The first-order valence-corrected chi connectivity index (χ1v) is 8.48. The van der Waals surface area contributed by atoms with E-state index >= 15 is 0 Å². The van der Waals surface area contributed by atoms with E-state index in [-0.39, 0.29) is 0 Å². The highest BCUT2D eigenvalue weighted by Gasteiger charge is 2.12. The highest BCUT2D eigenvalue weighted by molar-refractivity contribution is 7.71. The minimum Gasteiger partial charge on any atom is -0.358 e. The molecule has 0 bridgehead atoms. The van der Waals surface area contributed by atoms with Crippen LogP contribution in [0.3, 0.4) is 0 Å². The number of aryl methyl sites for hydroxylation is 1. The van der Waals surface area contributed by atoms with Crippen LogP contribution in [0.1, 0.15) is 11.3 Å². The number of fused-ring (bicyclic) bond motifs is 1. The number of hydrogen-bond donors (Lipinski definition) is 2. The maximum atomic E-state index is 6.28. The number of nitrogens with zero attached hydrogens (tertiary/aromatic N) is 3. The van der Waals surface area contributed by atoms with Crippen LogP contribution in [0.5, 0.6) is 0 Å². The third-order valence-corrected chi connectivity index (χ3v) is 4.60. The minimum absolute atomic E-state index is 0.406. The maximum absolute atomic E-state index is 6.28. The van der Waals surface area contributed by atoms with Crippen molar-refractivity contribution < 1.29 is 0 Å². The van der Waals surface area contributed by atoms with Gasteiger partial charge in [0, 0.05) is 27.7 Å². The lowest BCUT2D eigenvalue weighted by Gasteiger charge is -2.03. The molecule has 5 nitrogen and oxygen atoms in total. The average Bonchev–Trinajstić information content (AvgIpc) is 3.13. The molecule has 2 aromatic carbocycles. The zero-order valence-electron chi connectivity index (χ0n) is 13.3. The molecular weight excluding hydrogens is 354 g/mol. The van der Waals surface area contributed by atoms with E-state index in [9.17, 15) is 0 Å². The van der Waals surface area contributed by atoms with Crippen LogP contribution in [0.15, 0.2) is 53.6 Å². The zero-order chi connectivity index (χ0) is 17.4. The lowest BCUT2D eigenvalue weighted by molar-refractivity contribution is 0.871. The number of rotatable bonds is 3. The second-order valence-electron chi connectivity index (χ2n) is 5.60. The Bertz CT molecular complexity index is 1150. The van der Waals surface area contributed by atoms with Crippen LogP contribution in [-0.2, 0) is 0 Å². The number of para-hydroxylation sites is 1. The van der Waals surface area contributed by atoms with Crippen LogP contribution in [-0.4, -0.2) is 26.1 Å². The second kappa shape index (κ2) is 6.31. The fraction of sp³-hybridized carbons (Fsp3) is 0.0556. The van der Waals surface area contributed by atoms with E-state index in [4.69, 9.17) is 23.8 Å². The lowest BCUT2D eigenvalue weighted by Crippen LogP contribution is -1.96. The van der Waals surface area contributed by atoms with Crippen LogP contribution in [0.2, 0.25) is 5.02 Å². The molecule has 2 N–H and O–H groups in total. The summed E-state index contributed by atoms with van der Waals surface area (Å²) in [6.07, 6.45) is 1.79. The molecule has 25 heavy (non-hydrogen) atoms. The normalized spacial score (nSPS) is 11.6. The van der Waals surface area contributed by atoms with Crippen LogP contribution < -0.4 is 0 Å². The predicted octanol–water partition coefficient (Wildman–Crippen LogP) is 4.93. The van der Waals surface area contributed by atoms with Gasteiger partial charge in [-0.15, -0.1) is 0 Å². The Morgan fingerprint density at radius 3 is 2.76 bits per heavy atom. The molecule has 4 aromatic rings. The molecule has 0 aliphatic rings. The van der Waals surface area contributed by atoms with Gasteiger partial charge in [0.05, 0.1) is 11.2 Å². The van der Waals surface area contributed by atoms with E-state index in [1.54, 1.807) is 10.9 Å². The molecule has 0 fully saturated rings. The fourth-order valence-corrected chi connectivity index (χ4v) is 3.20. The third-order valence-electron chi connectivity index (χ3n) is 4.01. The summed E-state index contributed by atoms with van der Waals surface area (Å²) >= 11 is 11.6. The highest BCUT2D eigenvalue weighted by Crippen LogP contribution is 2.26. The highest BCUT2D eigenvalue weighted by atomic mass is 35.5. The number of halogens is 1. The van der Waals surface area contributed by atoms with Crippen LogP contribution in [0.4, 0.5) is 0 Å². The minimum atomic E-state index is 0.406. The van der Waals surface area contributed by atoms with Gasteiger partial charge in [0.1, 0.15) is 0 Å². The molecule has 7 heteroatoms. The van der Waals surface area contributed by atoms with E-state index in [1.807, 2.05) is 49.4 Å².